The third-order valence-electron chi connectivity index (χ3n) is 5.56. The van der Waals surface area contributed by atoms with E-state index in [1.165, 1.54) is 4.57 Å². The maximum atomic E-state index is 12.7. The molecule has 1 unspecified atom stereocenters. The van der Waals surface area contributed by atoms with E-state index in [1.54, 1.807) is 11.6 Å². The summed E-state index contributed by atoms with van der Waals surface area (Å²) in [5, 5.41) is 19.9. The number of piperazine rings is 1. The molecular formula is C21H23F6N5O7. The molecule has 0 saturated carbocycles. The van der Waals surface area contributed by atoms with Crippen LogP contribution in [0.2, 0.25) is 0 Å². The second-order valence-electron chi connectivity index (χ2n) is 8.19. The number of rotatable bonds is 2. The fraction of sp³-hybridized carbons (Fsp3) is 0.476. The molecule has 39 heavy (non-hydrogen) atoms. The minimum absolute atomic E-state index is 0.234. The van der Waals surface area contributed by atoms with Crippen LogP contribution >= 0.6 is 0 Å². The molecule has 2 amide bonds. The molecule has 2 aliphatic rings. The highest BCUT2D eigenvalue weighted by Gasteiger charge is 2.39. The van der Waals surface area contributed by atoms with Crippen LogP contribution in [-0.2, 0) is 26.2 Å². The second-order valence-corrected chi connectivity index (χ2v) is 8.19. The van der Waals surface area contributed by atoms with E-state index in [0.29, 0.717) is 6.42 Å². The highest BCUT2D eigenvalue weighted by Crippen LogP contribution is 2.26. The minimum Gasteiger partial charge on any atom is -0.475 e. The summed E-state index contributed by atoms with van der Waals surface area (Å²) in [5.41, 5.74) is 2.36. The first-order chi connectivity index (χ1) is 17.9. The van der Waals surface area contributed by atoms with Crippen molar-refractivity contribution in [2.24, 2.45) is 7.05 Å². The number of aliphatic carboxylic acids is 2. The van der Waals surface area contributed by atoms with E-state index >= 15 is 0 Å². The molecule has 18 heteroatoms. The first-order valence-electron chi connectivity index (χ1n) is 11.1. The number of imide groups is 1. The number of alkyl halides is 6. The van der Waals surface area contributed by atoms with Crippen molar-refractivity contribution < 1.29 is 55.7 Å². The molecule has 0 radical (unpaired) electrons. The average Bonchev–Trinajstić information content (AvgIpc) is 3.09. The maximum Gasteiger partial charge on any atom is 0.490 e. The minimum atomic E-state index is -5.08. The van der Waals surface area contributed by atoms with Crippen molar-refractivity contribution in [2.75, 3.05) is 31.1 Å². The fourth-order valence-corrected chi connectivity index (χ4v) is 3.70. The van der Waals surface area contributed by atoms with E-state index in [0.717, 1.165) is 42.9 Å². The van der Waals surface area contributed by atoms with Crippen LogP contribution in [0.3, 0.4) is 0 Å². The summed E-state index contributed by atoms with van der Waals surface area (Å²) < 4.78 is 66.6. The number of anilines is 1. The number of amides is 2. The summed E-state index contributed by atoms with van der Waals surface area (Å²) in [6.07, 6.45) is -9.57. The number of carbonyl (C=O) groups excluding carboxylic acids is 2. The van der Waals surface area contributed by atoms with E-state index in [9.17, 15) is 40.7 Å². The van der Waals surface area contributed by atoms with Crippen LogP contribution in [0.15, 0.2) is 23.0 Å². The SMILES string of the molecule is Cn1c(=O)n(C2CCC(=O)NC2=O)c2ccc(N3CCNCC3)cc21.O=C(O)C(F)(F)F.O=C(O)C(F)(F)F. The molecule has 2 aliphatic heterocycles. The third kappa shape index (κ3) is 7.95. The van der Waals surface area contributed by atoms with E-state index < -0.39 is 36.2 Å². The lowest BCUT2D eigenvalue weighted by Gasteiger charge is -2.29. The molecule has 1 aromatic heterocycles. The van der Waals surface area contributed by atoms with E-state index in [4.69, 9.17) is 19.8 Å². The zero-order chi connectivity index (χ0) is 29.7. The summed E-state index contributed by atoms with van der Waals surface area (Å²) in [6, 6.07) is 5.26. The van der Waals surface area contributed by atoms with Crippen molar-refractivity contribution in [1.82, 2.24) is 19.8 Å². The monoisotopic (exact) mass is 571 g/mol. The number of carbonyl (C=O) groups is 4. The van der Waals surface area contributed by atoms with Crippen molar-refractivity contribution >= 4 is 40.5 Å². The van der Waals surface area contributed by atoms with Crippen molar-refractivity contribution in [3.8, 4) is 0 Å². The predicted octanol–water partition coefficient (Wildman–Crippen LogP) is 0.994. The number of nitrogens with one attached hydrogen (secondary N) is 2. The number of nitrogens with zero attached hydrogens (tertiary/aromatic N) is 3. The normalized spacial score (nSPS) is 17.9. The Bertz CT molecular complexity index is 1270. The zero-order valence-corrected chi connectivity index (χ0v) is 20.1. The van der Waals surface area contributed by atoms with Crippen LogP contribution in [0.5, 0.6) is 0 Å². The maximum absolute atomic E-state index is 12.7. The Hall–Kier alpha value is -4.09. The van der Waals surface area contributed by atoms with Crippen molar-refractivity contribution in [3.05, 3.63) is 28.7 Å². The summed E-state index contributed by atoms with van der Waals surface area (Å²) in [5.74, 6) is -6.20. The Kier molecular flexibility index (Phi) is 9.72. The van der Waals surface area contributed by atoms with Gasteiger partial charge in [0.2, 0.25) is 11.8 Å². The molecule has 0 bridgehead atoms. The Morgan fingerprint density at radius 2 is 1.44 bits per heavy atom. The number of hydrogen-bond donors (Lipinski definition) is 4. The summed E-state index contributed by atoms with van der Waals surface area (Å²) in [4.78, 5) is 56.4. The van der Waals surface area contributed by atoms with Crippen LogP contribution in [-0.4, -0.2) is 81.6 Å². The van der Waals surface area contributed by atoms with Gasteiger partial charge >= 0.3 is 30.0 Å². The molecule has 2 saturated heterocycles. The number of hydrogen-bond acceptors (Lipinski definition) is 7. The smallest absolute Gasteiger partial charge is 0.475 e. The Morgan fingerprint density at radius 3 is 1.90 bits per heavy atom. The highest BCUT2D eigenvalue weighted by atomic mass is 19.4. The Balaban J connectivity index is 0.000000317. The number of piperidine rings is 1. The fourth-order valence-electron chi connectivity index (χ4n) is 3.70. The molecule has 1 atom stereocenters. The topological polar surface area (TPSA) is 163 Å². The van der Waals surface area contributed by atoms with Gasteiger partial charge in [-0.15, -0.1) is 0 Å². The largest absolute Gasteiger partial charge is 0.490 e. The standard InChI is InChI=1S/C17H21N5O3.2C2HF3O2/c1-20-14-10-11(21-8-6-18-7-9-21)2-3-12(14)22(17(20)25)13-4-5-15(23)19-16(13)24;2*3-2(4,5)1(6)7/h2-3,10,13,18H,4-9H2,1H3,(H,19,23,24);2*(H,6,7). The average molecular weight is 571 g/mol. The Morgan fingerprint density at radius 1 is 0.923 bits per heavy atom. The summed E-state index contributed by atoms with van der Waals surface area (Å²) in [7, 11) is 1.72. The van der Waals surface area contributed by atoms with Crippen molar-refractivity contribution in [3.63, 3.8) is 0 Å². The first-order valence-corrected chi connectivity index (χ1v) is 11.1. The quantitative estimate of drug-likeness (QED) is 0.304. The van der Waals surface area contributed by atoms with E-state index in [1.807, 2.05) is 18.2 Å². The van der Waals surface area contributed by atoms with Crippen molar-refractivity contribution in [1.29, 1.82) is 0 Å². The molecular weight excluding hydrogens is 548 g/mol. The molecule has 216 valence electrons. The lowest BCUT2D eigenvalue weighted by molar-refractivity contribution is -0.193. The van der Waals surface area contributed by atoms with Gasteiger partial charge in [0.1, 0.15) is 6.04 Å². The van der Waals surface area contributed by atoms with Crippen molar-refractivity contribution in [2.45, 2.75) is 31.2 Å². The van der Waals surface area contributed by atoms with Gasteiger partial charge in [-0.3, -0.25) is 24.0 Å². The van der Waals surface area contributed by atoms with Crippen LogP contribution in [0.4, 0.5) is 32.0 Å². The van der Waals surface area contributed by atoms with Gasteiger partial charge in [-0.25, -0.2) is 14.4 Å². The Labute approximate surface area is 214 Å². The second kappa shape index (κ2) is 12.2. The third-order valence-corrected chi connectivity index (χ3v) is 5.56. The molecule has 0 spiro atoms. The number of carboxylic acid groups (broad SMARTS) is 2. The van der Waals surface area contributed by atoms with E-state index in [-0.39, 0.29) is 18.0 Å². The summed E-state index contributed by atoms with van der Waals surface area (Å²) >= 11 is 0. The van der Waals surface area contributed by atoms with Gasteiger partial charge in [0.25, 0.3) is 0 Å². The van der Waals surface area contributed by atoms with Gasteiger partial charge in [0, 0.05) is 45.3 Å². The number of carboxylic acids is 2. The van der Waals surface area contributed by atoms with Gasteiger partial charge in [0.15, 0.2) is 0 Å². The summed E-state index contributed by atoms with van der Waals surface area (Å²) in [6.45, 7) is 3.73. The molecule has 4 N–H and O–H groups in total. The molecule has 1 aromatic carbocycles. The molecule has 0 aliphatic carbocycles. The predicted molar refractivity (Wildman–Crippen MR) is 121 cm³/mol. The van der Waals surface area contributed by atoms with Gasteiger partial charge in [-0.05, 0) is 24.6 Å². The molecule has 2 aromatic rings. The number of imidazole rings is 1. The lowest BCUT2D eigenvalue weighted by Crippen LogP contribution is -2.44. The van der Waals surface area contributed by atoms with Crippen LogP contribution in [0.25, 0.3) is 11.0 Å². The highest BCUT2D eigenvalue weighted by molar-refractivity contribution is 6.00. The number of halogens is 6. The van der Waals surface area contributed by atoms with Gasteiger partial charge < -0.3 is 20.4 Å². The van der Waals surface area contributed by atoms with Gasteiger partial charge in [0.05, 0.1) is 11.0 Å². The number of benzene rings is 1. The molecule has 4 rings (SSSR count). The number of aryl methyl sites for hydroxylation is 1. The number of fused-ring (bicyclic) bond motifs is 1. The van der Waals surface area contributed by atoms with Crippen LogP contribution < -0.4 is 21.2 Å². The lowest BCUT2D eigenvalue weighted by atomic mass is 10.1. The van der Waals surface area contributed by atoms with E-state index in [2.05, 4.69) is 15.5 Å². The molecule has 12 nitrogen and oxygen atoms in total. The first kappa shape index (κ1) is 31.1. The van der Waals surface area contributed by atoms with Crippen LogP contribution in [0, 0.1) is 0 Å². The van der Waals surface area contributed by atoms with Gasteiger partial charge in [-0.1, -0.05) is 0 Å². The molecule has 3 heterocycles. The van der Waals surface area contributed by atoms with Gasteiger partial charge in [-0.2, -0.15) is 26.3 Å². The zero-order valence-electron chi connectivity index (χ0n) is 20.1. The van der Waals surface area contributed by atoms with Crippen LogP contribution in [0.1, 0.15) is 18.9 Å². The number of aromatic nitrogens is 2. The molecule has 2 fully saturated rings.